The van der Waals surface area contributed by atoms with E-state index in [4.69, 9.17) is 5.73 Å². The average molecular weight is 302 g/mol. The minimum absolute atomic E-state index is 0.0923. The van der Waals surface area contributed by atoms with Crippen LogP contribution in [0.2, 0.25) is 0 Å². The number of rotatable bonds is 6. The van der Waals surface area contributed by atoms with Gasteiger partial charge in [0.25, 0.3) is 0 Å². The van der Waals surface area contributed by atoms with E-state index >= 15 is 0 Å². The van der Waals surface area contributed by atoms with Gasteiger partial charge in [0.05, 0.1) is 4.90 Å². The van der Waals surface area contributed by atoms with E-state index < -0.39 is 15.8 Å². The van der Waals surface area contributed by atoms with Crippen LogP contribution in [0.1, 0.15) is 27.7 Å². The molecule has 1 aromatic carbocycles. The quantitative estimate of drug-likeness (QED) is 0.793. The monoisotopic (exact) mass is 302 g/mol. The van der Waals surface area contributed by atoms with Crippen LogP contribution < -0.4 is 10.5 Å². The van der Waals surface area contributed by atoms with Crippen LogP contribution >= 0.6 is 0 Å². The van der Waals surface area contributed by atoms with E-state index in [1.807, 2.05) is 0 Å². The fourth-order valence-corrected chi connectivity index (χ4v) is 3.41. The molecule has 20 heavy (non-hydrogen) atoms. The van der Waals surface area contributed by atoms with E-state index in [9.17, 15) is 12.8 Å². The lowest BCUT2D eigenvalue weighted by molar-refractivity contribution is 0.289. The molecule has 0 aliphatic heterocycles. The number of hydrogen-bond acceptors (Lipinski definition) is 3. The summed E-state index contributed by atoms with van der Waals surface area (Å²) in [5.41, 5.74) is 5.57. The van der Waals surface area contributed by atoms with Crippen molar-refractivity contribution in [3.8, 4) is 0 Å². The molecule has 114 valence electrons. The molecule has 0 heterocycles. The number of hydrogen-bond donors (Lipinski definition) is 2. The van der Waals surface area contributed by atoms with Crippen LogP contribution in [0.5, 0.6) is 0 Å². The second kappa shape index (κ2) is 6.54. The van der Waals surface area contributed by atoms with Crippen molar-refractivity contribution in [1.29, 1.82) is 0 Å². The minimum Gasteiger partial charge on any atom is -0.399 e. The summed E-state index contributed by atoms with van der Waals surface area (Å²) in [4.78, 5) is -0.138. The van der Waals surface area contributed by atoms with Gasteiger partial charge in [-0.3, -0.25) is 0 Å². The summed E-state index contributed by atoms with van der Waals surface area (Å²) in [5.74, 6) is 0.274. The number of anilines is 1. The Hall–Kier alpha value is -1.14. The molecule has 0 unspecified atom stereocenters. The first-order valence-corrected chi connectivity index (χ1v) is 8.17. The van der Waals surface area contributed by atoms with E-state index in [-0.39, 0.29) is 16.5 Å². The molecule has 1 rings (SSSR count). The molecule has 4 nitrogen and oxygen atoms in total. The van der Waals surface area contributed by atoms with Gasteiger partial charge in [-0.1, -0.05) is 27.7 Å². The highest BCUT2D eigenvalue weighted by molar-refractivity contribution is 7.89. The van der Waals surface area contributed by atoms with Crippen LogP contribution in [0.4, 0.5) is 10.1 Å². The third-order valence-corrected chi connectivity index (χ3v) is 4.83. The number of nitrogens with one attached hydrogen (secondary N) is 1. The molecule has 0 fully saturated rings. The van der Waals surface area contributed by atoms with Gasteiger partial charge in [0.1, 0.15) is 5.82 Å². The number of nitrogens with two attached hydrogens (primary N) is 1. The minimum atomic E-state index is -3.74. The molecule has 0 aromatic heterocycles. The lowest BCUT2D eigenvalue weighted by Crippen LogP contribution is -2.34. The van der Waals surface area contributed by atoms with Crippen molar-refractivity contribution < 1.29 is 12.8 Å². The molecule has 0 aliphatic carbocycles. The fourth-order valence-electron chi connectivity index (χ4n) is 2.27. The molecule has 0 saturated heterocycles. The molecule has 0 bridgehead atoms. The molecule has 0 aliphatic rings. The predicted octanol–water partition coefficient (Wildman–Crippen LogP) is 2.61. The Balaban J connectivity index is 2.90. The maximum Gasteiger partial charge on any atom is 0.240 e. The number of nitrogen functional groups attached to an aromatic ring is 1. The Bertz CT molecular complexity index is 528. The zero-order chi connectivity index (χ0) is 15.5. The summed E-state index contributed by atoms with van der Waals surface area (Å²) in [6.45, 7) is 8.55. The summed E-state index contributed by atoms with van der Waals surface area (Å²) in [7, 11) is -3.74. The van der Waals surface area contributed by atoms with Crippen molar-refractivity contribution in [2.45, 2.75) is 32.6 Å². The zero-order valence-corrected chi connectivity index (χ0v) is 13.2. The van der Waals surface area contributed by atoms with E-state index in [0.29, 0.717) is 18.4 Å². The van der Waals surface area contributed by atoms with Gasteiger partial charge in [-0.15, -0.1) is 0 Å². The highest BCUT2D eigenvalue weighted by Gasteiger charge is 2.22. The van der Waals surface area contributed by atoms with Crippen molar-refractivity contribution in [2.24, 2.45) is 17.8 Å². The summed E-state index contributed by atoms with van der Waals surface area (Å²) in [6, 6.07) is 3.31. The molecular formula is C14H23FN2O2S. The fraction of sp³-hybridized carbons (Fsp3) is 0.571. The Kier molecular flexibility index (Phi) is 5.53. The molecule has 0 saturated carbocycles. The zero-order valence-electron chi connectivity index (χ0n) is 12.4. The van der Waals surface area contributed by atoms with Gasteiger partial charge in [-0.25, -0.2) is 17.5 Å². The molecule has 0 atom stereocenters. The van der Waals surface area contributed by atoms with E-state index in [1.165, 1.54) is 6.07 Å². The molecular weight excluding hydrogens is 279 g/mol. The Morgan fingerprint density at radius 1 is 1.15 bits per heavy atom. The third kappa shape index (κ3) is 4.45. The van der Waals surface area contributed by atoms with Crippen LogP contribution in [-0.4, -0.2) is 15.0 Å². The maximum absolute atomic E-state index is 13.2. The van der Waals surface area contributed by atoms with Gasteiger partial charge in [-0.2, -0.15) is 0 Å². The van der Waals surface area contributed by atoms with E-state index in [1.54, 1.807) is 0 Å². The van der Waals surface area contributed by atoms with E-state index in [0.717, 1.165) is 12.1 Å². The second-order valence-corrected chi connectivity index (χ2v) is 7.49. The molecule has 0 radical (unpaired) electrons. The van der Waals surface area contributed by atoms with Crippen molar-refractivity contribution in [2.75, 3.05) is 12.3 Å². The van der Waals surface area contributed by atoms with Crippen molar-refractivity contribution >= 4 is 15.7 Å². The topological polar surface area (TPSA) is 72.2 Å². The smallest absolute Gasteiger partial charge is 0.240 e. The number of sulfonamides is 1. The van der Waals surface area contributed by atoms with Gasteiger partial charge < -0.3 is 5.73 Å². The lowest BCUT2D eigenvalue weighted by atomic mass is 9.86. The highest BCUT2D eigenvalue weighted by Crippen LogP contribution is 2.21. The third-order valence-electron chi connectivity index (χ3n) is 3.43. The molecule has 3 N–H and O–H groups in total. The summed E-state index contributed by atoms with van der Waals surface area (Å²) in [6.07, 6.45) is 0. The summed E-state index contributed by atoms with van der Waals surface area (Å²) >= 11 is 0. The van der Waals surface area contributed by atoms with Crippen LogP contribution in [0.15, 0.2) is 23.1 Å². The normalized spacial score (nSPS) is 12.6. The molecule has 6 heteroatoms. The second-order valence-electron chi connectivity index (χ2n) is 5.72. The SMILES string of the molecule is CC(C)C(CNS(=O)(=O)c1cc(N)cc(F)c1)C(C)C. The average Bonchev–Trinajstić information content (AvgIpc) is 2.26. The molecule has 0 spiro atoms. The van der Waals surface area contributed by atoms with Crippen molar-refractivity contribution in [1.82, 2.24) is 4.72 Å². The van der Waals surface area contributed by atoms with Gasteiger partial charge >= 0.3 is 0 Å². The van der Waals surface area contributed by atoms with E-state index in [2.05, 4.69) is 32.4 Å². The molecule has 1 aromatic rings. The standard InChI is InChI=1S/C14H23FN2O2S/c1-9(2)14(10(3)4)8-17-20(18,19)13-6-11(15)5-12(16)7-13/h5-7,9-10,14,17H,8,16H2,1-4H3. The summed E-state index contributed by atoms with van der Waals surface area (Å²) in [5, 5.41) is 0. The van der Waals surface area contributed by atoms with Gasteiger partial charge in [0.2, 0.25) is 10.0 Å². The van der Waals surface area contributed by atoms with Crippen molar-refractivity contribution in [3.05, 3.63) is 24.0 Å². The lowest BCUT2D eigenvalue weighted by Gasteiger charge is -2.25. The van der Waals surface area contributed by atoms with Crippen LogP contribution in [-0.2, 0) is 10.0 Å². The number of benzene rings is 1. The van der Waals surface area contributed by atoms with Gasteiger partial charge in [0, 0.05) is 12.2 Å². The largest absolute Gasteiger partial charge is 0.399 e. The van der Waals surface area contributed by atoms with Crippen LogP contribution in [0.3, 0.4) is 0 Å². The Labute approximate surface area is 120 Å². The van der Waals surface area contributed by atoms with Gasteiger partial charge in [-0.05, 0) is 36.0 Å². The predicted molar refractivity (Wildman–Crippen MR) is 79.2 cm³/mol. The van der Waals surface area contributed by atoms with Crippen molar-refractivity contribution in [3.63, 3.8) is 0 Å². The first kappa shape index (κ1) is 16.9. The summed E-state index contributed by atoms with van der Waals surface area (Å²) < 4.78 is 40.1. The molecule has 0 amide bonds. The first-order chi connectivity index (χ1) is 9.13. The number of halogens is 1. The highest BCUT2D eigenvalue weighted by atomic mass is 32.2. The van der Waals surface area contributed by atoms with Crippen LogP contribution in [0, 0.1) is 23.6 Å². The Morgan fingerprint density at radius 3 is 2.15 bits per heavy atom. The van der Waals surface area contributed by atoms with Gasteiger partial charge in [0.15, 0.2) is 0 Å². The Morgan fingerprint density at radius 2 is 1.70 bits per heavy atom. The first-order valence-electron chi connectivity index (χ1n) is 6.69. The maximum atomic E-state index is 13.2. The van der Waals surface area contributed by atoms with Crippen LogP contribution in [0.25, 0.3) is 0 Å².